The molecule has 2 heterocycles. The van der Waals surface area contributed by atoms with Crippen molar-refractivity contribution in [2.75, 3.05) is 40.0 Å². The van der Waals surface area contributed by atoms with Gasteiger partial charge in [0.2, 0.25) is 0 Å². The van der Waals surface area contributed by atoms with Crippen LogP contribution in [-0.2, 0) is 19.7 Å². The van der Waals surface area contributed by atoms with Crippen molar-refractivity contribution in [2.45, 2.75) is 36.7 Å². The summed E-state index contributed by atoms with van der Waals surface area (Å²) < 4.78 is 11.2. The van der Waals surface area contributed by atoms with Crippen LogP contribution in [-0.4, -0.2) is 51.5 Å². The largest absolute Gasteiger partial charge is 0.381 e. The molecule has 2 saturated heterocycles. The zero-order chi connectivity index (χ0) is 17.8. The number of carbonyl (C=O) groups excluding carboxylic acids is 1. The fraction of sp³-hybridized carbons (Fsp3) is 0.632. The monoisotopic (exact) mass is 402 g/mol. The first-order valence-corrected chi connectivity index (χ1v) is 9.36. The Morgan fingerprint density at radius 2 is 1.81 bits per heavy atom. The molecule has 0 aromatic heterocycles. The van der Waals surface area contributed by atoms with E-state index in [1.54, 1.807) is 7.11 Å². The lowest BCUT2D eigenvalue weighted by atomic mass is 9.74. The number of carbonyl (C=O) groups is 1. The van der Waals surface area contributed by atoms with Gasteiger partial charge in [0.25, 0.3) is 5.91 Å². The number of piperidine rings is 1. The molecule has 3 rings (SSSR count). The summed E-state index contributed by atoms with van der Waals surface area (Å²) in [4.78, 5) is 12.9. The van der Waals surface area contributed by atoms with Gasteiger partial charge >= 0.3 is 0 Å². The molecule has 0 radical (unpaired) electrons. The highest BCUT2D eigenvalue weighted by atomic mass is 35.5. The van der Waals surface area contributed by atoms with E-state index in [0.717, 1.165) is 31.0 Å². The molecule has 0 aliphatic carbocycles. The standard InChI is InChI=1S/C19H27ClN2O3.ClH/c1-24-19(6-10-21-11-7-19)17(23)22-14-18(8-12-25-13-9-18)15-2-4-16(20)5-3-15;/h2-5,21H,6-14H2,1H3,(H,22,23);1H. The zero-order valence-corrected chi connectivity index (χ0v) is 16.8. The minimum absolute atomic E-state index is 0. The average molecular weight is 403 g/mol. The van der Waals surface area contributed by atoms with E-state index in [2.05, 4.69) is 22.8 Å². The van der Waals surface area contributed by atoms with Crippen LogP contribution in [0.2, 0.25) is 5.02 Å². The SMILES string of the molecule is COC1(C(=O)NCC2(c3ccc(Cl)cc3)CCOCC2)CCNCC1.Cl. The first kappa shape index (κ1) is 21.5. The smallest absolute Gasteiger partial charge is 0.252 e. The van der Waals surface area contributed by atoms with Crippen LogP contribution >= 0.6 is 24.0 Å². The molecule has 0 saturated carbocycles. The molecule has 146 valence electrons. The molecule has 7 heteroatoms. The summed E-state index contributed by atoms with van der Waals surface area (Å²) >= 11 is 6.05. The maximum atomic E-state index is 12.9. The maximum absolute atomic E-state index is 12.9. The summed E-state index contributed by atoms with van der Waals surface area (Å²) in [5.74, 6) is -0.00340. The van der Waals surface area contributed by atoms with E-state index < -0.39 is 5.60 Å². The number of methoxy groups -OCH3 is 1. The molecule has 2 fully saturated rings. The van der Waals surface area contributed by atoms with Crippen LogP contribution in [0, 0.1) is 0 Å². The normalized spacial score (nSPS) is 21.5. The minimum Gasteiger partial charge on any atom is -0.381 e. The Balaban J connectivity index is 0.00000243. The molecule has 1 amide bonds. The van der Waals surface area contributed by atoms with E-state index in [1.165, 1.54) is 5.56 Å². The molecular weight excluding hydrogens is 375 g/mol. The topological polar surface area (TPSA) is 59.6 Å². The number of benzene rings is 1. The van der Waals surface area contributed by atoms with Crippen molar-refractivity contribution < 1.29 is 14.3 Å². The highest BCUT2D eigenvalue weighted by Crippen LogP contribution is 2.35. The molecule has 5 nitrogen and oxygen atoms in total. The molecule has 0 bridgehead atoms. The van der Waals surface area contributed by atoms with Gasteiger partial charge in [0, 0.05) is 37.3 Å². The Morgan fingerprint density at radius 3 is 2.38 bits per heavy atom. The Morgan fingerprint density at radius 1 is 1.19 bits per heavy atom. The third-order valence-corrected chi connectivity index (χ3v) is 5.96. The maximum Gasteiger partial charge on any atom is 0.252 e. The predicted octanol–water partition coefficient (Wildman–Crippen LogP) is 2.69. The number of halogens is 2. The molecule has 1 aromatic rings. The summed E-state index contributed by atoms with van der Waals surface area (Å²) in [5.41, 5.74) is 0.384. The molecule has 0 spiro atoms. The van der Waals surface area contributed by atoms with Crippen molar-refractivity contribution in [3.8, 4) is 0 Å². The quantitative estimate of drug-likeness (QED) is 0.794. The lowest BCUT2D eigenvalue weighted by molar-refractivity contribution is -0.147. The molecule has 26 heavy (non-hydrogen) atoms. The van der Waals surface area contributed by atoms with Crippen LogP contribution in [0.5, 0.6) is 0 Å². The van der Waals surface area contributed by atoms with Gasteiger partial charge in [-0.2, -0.15) is 0 Å². The second kappa shape index (κ2) is 9.38. The summed E-state index contributed by atoms with van der Waals surface area (Å²) in [6.45, 7) is 3.61. The van der Waals surface area contributed by atoms with E-state index in [0.29, 0.717) is 32.6 Å². The number of rotatable bonds is 5. The Kier molecular flexibility index (Phi) is 7.74. The highest BCUT2D eigenvalue weighted by Gasteiger charge is 2.42. The molecule has 0 atom stereocenters. The van der Waals surface area contributed by atoms with Crippen LogP contribution in [0.25, 0.3) is 0 Å². The highest BCUT2D eigenvalue weighted by molar-refractivity contribution is 6.30. The summed E-state index contributed by atoms with van der Waals surface area (Å²) in [6.07, 6.45) is 3.17. The Hall–Kier alpha value is -0.850. The fourth-order valence-electron chi connectivity index (χ4n) is 3.90. The molecular formula is C19H28Cl2N2O3. The zero-order valence-electron chi connectivity index (χ0n) is 15.2. The fourth-order valence-corrected chi connectivity index (χ4v) is 4.02. The van der Waals surface area contributed by atoms with Gasteiger partial charge in [0.1, 0.15) is 5.60 Å². The van der Waals surface area contributed by atoms with Crippen molar-refractivity contribution in [3.05, 3.63) is 34.9 Å². The van der Waals surface area contributed by atoms with E-state index in [4.69, 9.17) is 21.1 Å². The van der Waals surface area contributed by atoms with Gasteiger partial charge in [0.15, 0.2) is 0 Å². The second-order valence-electron chi connectivity index (χ2n) is 7.03. The van der Waals surface area contributed by atoms with Crippen molar-refractivity contribution >= 4 is 29.9 Å². The van der Waals surface area contributed by atoms with Gasteiger partial charge in [-0.05, 0) is 56.5 Å². The van der Waals surface area contributed by atoms with Crippen LogP contribution in [0.4, 0.5) is 0 Å². The van der Waals surface area contributed by atoms with Crippen LogP contribution in [0.15, 0.2) is 24.3 Å². The van der Waals surface area contributed by atoms with Crippen molar-refractivity contribution in [2.24, 2.45) is 0 Å². The lowest BCUT2D eigenvalue weighted by Gasteiger charge is -2.40. The summed E-state index contributed by atoms with van der Waals surface area (Å²) in [5, 5.41) is 7.20. The van der Waals surface area contributed by atoms with Crippen LogP contribution < -0.4 is 10.6 Å². The van der Waals surface area contributed by atoms with Gasteiger partial charge < -0.3 is 20.1 Å². The van der Waals surface area contributed by atoms with Gasteiger partial charge in [-0.3, -0.25) is 4.79 Å². The third kappa shape index (κ3) is 4.52. The van der Waals surface area contributed by atoms with E-state index in [1.807, 2.05) is 12.1 Å². The summed E-state index contributed by atoms with van der Waals surface area (Å²) in [6, 6.07) is 7.96. The number of ether oxygens (including phenoxy) is 2. The molecule has 1 aromatic carbocycles. The Bertz CT molecular complexity index is 583. The first-order chi connectivity index (χ1) is 12.1. The minimum atomic E-state index is -0.711. The molecule has 2 aliphatic heterocycles. The van der Waals surface area contributed by atoms with Crippen LogP contribution in [0.3, 0.4) is 0 Å². The molecule has 2 N–H and O–H groups in total. The van der Waals surface area contributed by atoms with Crippen molar-refractivity contribution in [1.29, 1.82) is 0 Å². The van der Waals surface area contributed by atoms with E-state index >= 15 is 0 Å². The predicted molar refractivity (Wildman–Crippen MR) is 105 cm³/mol. The number of nitrogens with one attached hydrogen (secondary N) is 2. The van der Waals surface area contributed by atoms with E-state index in [-0.39, 0.29) is 23.7 Å². The van der Waals surface area contributed by atoms with Crippen molar-refractivity contribution in [1.82, 2.24) is 10.6 Å². The molecule has 2 aliphatic rings. The van der Waals surface area contributed by atoms with Crippen LogP contribution in [0.1, 0.15) is 31.2 Å². The number of amides is 1. The third-order valence-electron chi connectivity index (χ3n) is 5.71. The number of hydrogen-bond acceptors (Lipinski definition) is 4. The molecule has 0 unspecified atom stereocenters. The van der Waals surface area contributed by atoms with Gasteiger partial charge in [0.05, 0.1) is 0 Å². The average Bonchev–Trinajstić information content (AvgIpc) is 2.68. The summed E-state index contributed by atoms with van der Waals surface area (Å²) in [7, 11) is 1.63. The van der Waals surface area contributed by atoms with Gasteiger partial charge in [-0.25, -0.2) is 0 Å². The lowest BCUT2D eigenvalue weighted by Crippen LogP contribution is -2.56. The second-order valence-corrected chi connectivity index (χ2v) is 7.47. The number of hydrogen-bond donors (Lipinski definition) is 2. The van der Waals surface area contributed by atoms with Gasteiger partial charge in [-0.15, -0.1) is 12.4 Å². The Labute approximate surface area is 166 Å². The van der Waals surface area contributed by atoms with E-state index in [9.17, 15) is 4.79 Å². The van der Waals surface area contributed by atoms with Gasteiger partial charge in [-0.1, -0.05) is 23.7 Å². The van der Waals surface area contributed by atoms with Crippen molar-refractivity contribution in [3.63, 3.8) is 0 Å². The first-order valence-electron chi connectivity index (χ1n) is 8.98.